The van der Waals surface area contributed by atoms with Gasteiger partial charge >= 0.3 is 0 Å². The summed E-state index contributed by atoms with van der Waals surface area (Å²) in [6.45, 7) is 4.20. The molecule has 0 saturated carbocycles. The van der Waals surface area contributed by atoms with Crippen molar-refractivity contribution in [1.82, 2.24) is 0 Å². The van der Waals surface area contributed by atoms with Crippen molar-refractivity contribution >= 4 is 6.29 Å². The largest absolute Gasteiger partial charge is 0.508 e. The predicted molar refractivity (Wildman–Crippen MR) is 56.4 cm³/mol. The summed E-state index contributed by atoms with van der Waals surface area (Å²) in [5, 5.41) is 9.14. The highest BCUT2D eigenvalue weighted by Crippen LogP contribution is 2.28. The molecule has 1 N–H and O–H groups in total. The van der Waals surface area contributed by atoms with Crippen LogP contribution in [0.2, 0.25) is 0 Å². The van der Waals surface area contributed by atoms with Gasteiger partial charge in [-0.2, -0.15) is 0 Å². The third-order valence-corrected chi connectivity index (χ3v) is 2.54. The molecule has 0 amide bonds. The van der Waals surface area contributed by atoms with E-state index in [4.69, 9.17) is 5.11 Å². The van der Waals surface area contributed by atoms with Crippen molar-refractivity contribution in [3.63, 3.8) is 0 Å². The van der Waals surface area contributed by atoms with Gasteiger partial charge in [0.05, 0.1) is 0 Å². The molecule has 0 aliphatic carbocycles. The number of hydrogen-bond donors (Lipinski definition) is 1. The van der Waals surface area contributed by atoms with Gasteiger partial charge in [0.25, 0.3) is 0 Å². The summed E-state index contributed by atoms with van der Waals surface area (Å²) in [4.78, 5) is 10.3. The van der Waals surface area contributed by atoms with E-state index in [9.17, 15) is 4.79 Å². The van der Waals surface area contributed by atoms with Crippen molar-refractivity contribution in [3.8, 4) is 5.75 Å². The van der Waals surface area contributed by atoms with Crippen LogP contribution in [0.3, 0.4) is 0 Å². The van der Waals surface area contributed by atoms with E-state index < -0.39 is 0 Å². The topological polar surface area (TPSA) is 37.3 Å². The maximum atomic E-state index is 10.3. The number of benzene rings is 1. The molecule has 0 heterocycles. The standard InChI is InChI=1S/C12H16O2/c1-12(2,8-3-9-13)10-4-6-11(14)7-5-10/h4-7,9,14H,3,8H2,1-2H3. The number of phenolic OH excluding ortho intramolecular Hbond substituents is 1. The first-order valence-corrected chi connectivity index (χ1v) is 4.79. The summed E-state index contributed by atoms with van der Waals surface area (Å²) in [6.07, 6.45) is 2.36. The molecule has 1 rings (SSSR count). The van der Waals surface area contributed by atoms with Gasteiger partial charge in [0, 0.05) is 6.42 Å². The fourth-order valence-electron chi connectivity index (χ4n) is 1.48. The van der Waals surface area contributed by atoms with E-state index in [1.54, 1.807) is 12.1 Å². The first-order chi connectivity index (χ1) is 6.56. The number of hydrogen-bond acceptors (Lipinski definition) is 2. The highest BCUT2D eigenvalue weighted by Gasteiger charge is 2.19. The lowest BCUT2D eigenvalue weighted by Gasteiger charge is -2.24. The van der Waals surface area contributed by atoms with Crippen LogP contribution in [0.25, 0.3) is 0 Å². The van der Waals surface area contributed by atoms with Gasteiger partial charge in [-0.1, -0.05) is 26.0 Å². The van der Waals surface area contributed by atoms with E-state index in [0.29, 0.717) is 6.42 Å². The molecule has 0 aliphatic heterocycles. The number of phenols is 1. The third kappa shape index (κ3) is 2.59. The van der Waals surface area contributed by atoms with Crippen molar-refractivity contribution in [2.75, 3.05) is 0 Å². The number of aldehydes is 1. The molecular formula is C12H16O2. The first-order valence-electron chi connectivity index (χ1n) is 4.79. The van der Waals surface area contributed by atoms with Gasteiger partial charge in [-0.25, -0.2) is 0 Å². The van der Waals surface area contributed by atoms with Gasteiger partial charge < -0.3 is 9.90 Å². The van der Waals surface area contributed by atoms with Crippen LogP contribution >= 0.6 is 0 Å². The molecule has 0 unspecified atom stereocenters. The van der Waals surface area contributed by atoms with Crippen LogP contribution in [0.5, 0.6) is 5.75 Å². The number of carbonyl (C=O) groups excluding carboxylic acids is 1. The molecule has 0 radical (unpaired) electrons. The Kier molecular flexibility index (Phi) is 3.28. The summed E-state index contributed by atoms with van der Waals surface area (Å²) in [5.74, 6) is 0.278. The van der Waals surface area contributed by atoms with Crippen LogP contribution in [-0.2, 0) is 10.2 Å². The van der Waals surface area contributed by atoms with Crippen LogP contribution < -0.4 is 0 Å². The first kappa shape index (κ1) is 10.8. The van der Waals surface area contributed by atoms with E-state index in [1.165, 1.54) is 0 Å². The summed E-state index contributed by atoms with van der Waals surface area (Å²) in [6, 6.07) is 7.16. The summed E-state index contributed by atoms with van der Waals surface area (Å²) < 4.78 is 0. The molecule has 0 saturated heterocycles. The second kappa shape index (κ2) is 4.27. The Bertz CT molecular complexity index is 299. The normalized spacial score (nSPS) is 11.3. The second-order valence-corrected chi connectivity index (χ2v) is 4.14. The van der Waals surface area contributed by atoms with Crippen molar-refractivity contribution in [2.45, 2.75) is 32.1 Å². The Morgan fingerprint density at radius 2 is 1.86 bits per heavy atom. The van der Waals surface area contributed by atoms with Crippen LogP contribution in [-0.4, -0.2) is 11.4 Å². The average Bonchev–Trinajstić information content (AvgIpc) is 2.16. The smallest absolute Gasteiger partial charge is 0.120 e. The minimum Gasteiger partial charge on any atom is -0.508 e. The minimum atomic E-state index is -0.00535. The second-order valence-electron chi connectivity index (χ2n) is 4.14. The van der Waals surface area contributed by atoms with Gasteiger partial charge in [-0.3, -0.25) is 0 Å². The molecule has 0 spiro atoms. The number of rotatable bonds is 4. The molecule has 2 heteroatoms. The molecule has 2 nitrogen and oxygen atoms in total. The number of aromatic hydroxyl groups is 1. The SMILES string of the molecule is CC(C)(CCC=O)c1ccc(O)cc1. The third-order valence-electron chi connectivity index (χ3n) is 2.54. The Labute approximate surface area is 84.6 Å². The van der Waals surface area contributed by atoms with Crippen LogP contribution in [0.15, 0.2) is 24.3 Å². The Morgan fingerprint density at radius 3 is 2.36 bits per heavy atom. The van der Waals surface area contributed by atoms with Crippen molar-refractivity contribution in [1.29, 1.82) is 0 Å². The maximum Gasteiger partial charge on any atom is 0.120 e. The molecule has 0 fully saturated rings. The zero-order chi connectivity index (χ0) is 10.6. The van der Waals surface area contributed by atoms with E-state index in [1.807, 2.05) is 12.1 Å². The molecule has 1 aromatic rings. The molecule has 0 bridgehead atoms. The Hall–Kier alpha value is -1.31. The molecule has 1 aromatic carbocycles. The predicted octanol–water partition coefficient (Wildman–Crippen LogP) is 2.65. The van der Waals surface area contributed by atoms with Crippen molar-refractivity contribution in [3.05, 3.63) is 29.8 Å². The lowest BCUT2D eigenvalue weighted by Crippen LogP contribution is -2.16. The van der Waals surface area contributed by atoms with Crippen LogP contribution in [0.4, 0.5) is 0 Å². The fourth-order valence-corrected chi connectivity index (χ4v) is 1.48. The molecule has 0 aliphatic rings. The summed E-state index contributed by atoms with van der Waals surface area (Å²) >= 11 is 0. The summed E-state index contributed by atoms with van der Waals surface area (Å²) in [5.41, 5.74) is 1.14. The van der Waals surface area contributed by atoms with E-state index >= 15 is 0 Å². The van der Waals surface area contributed by atoms with Gasteiger partial charge in [-0.05, 0) is 29.5 Å². The molecule has 0 atom stereocenters. The zero-order valence-corrected chi connectivity index (χ0v) is 8.66. The Morgan fingerprint density at radius 1 is 1.29 bits per heavy atom. The van der Waals surface area contributed by atoms with Gasteiger partial charge in [0.1, 0.15) is 12.0 Å². The van der Waals surface area contributed by atoms with Gasteiger partial charge in [0.2, 0.25) is 0 Å². The minimum absolute atomic E-state index is 0.00535. The van der Waals surface area contributed by atoms with Crippen molar-refractivity contribution < 1.29 is 9.90 Å². The van der Waals surface area contributed by atoms with Gasteiger partial charge in [-0.15, -0.1) is 0 Å². The lowest BCUT2D eigenvalue weighted by molar-refractivity contribution is -0.108. The highest BCUT2D eigenvalue weighted by atomic mass is 16.3. The fraction of sp³-hybridized carbons (Fsp3) is 0.417. The number of carbonyl (C=O) groups is 1. The molecule has 14 heavy (non-hydrogen) atoms. The maximum absolute atomic E-state index is 10.3. The summed E-state index contributed by atoms with van der Waals surface area (Å²) in [7, 11) is 0. The quantitative estimate of drug-likeness (QED) is 0.744. The average molecular weight is 192 g/mol. The van der Waals surface area contributed by atoms with Crippen LogP contribution in [0.1, 0.15) is 32.3 Å². The Balaban J connectivity index is 2.80. The monoisotopic (exact) mass is 192 g/mol. The van der Waals surface area contributed by atoms with Crippen molar-refractivity contribution in [2.24, 2.45) is 0 Å². The lowest BCUT2D eigenvalue weighted by atomic mass is 9.81. The highest BCUT2D eigenvalue weighted by molar-refractivity contribution is 5.49. The molecule has 0 aromatic heterocycles. The van der Waals surface area contributed by atoms with E-state index in [2.05, 4.69) is 13.8 Å². The van der Waals surface area contributed by atoms with E-state index in [0.717, 1.165) is 18.3 Å². The molecular weight excluding hydrogens is 176 g/mol. The van der Waals surface area contributed by atoms with Gasteiger partial charge in [0.15, 0.2) is 0 Å². The molecule has 76 valence electrons. The zero-order valence-electron chi connectivity index (χ0n) is 8.66. The van der Waals surface area contributed by atoms with Crippen LogP contribution in [0, 0.1) is 0 Å². The van der Waals surface area contributed by atoms with E-state index in [-0.39, 0.29) is 11.2 Å².